The van der Waals surface area contributed by atoms with Crippen LogP contribution in [-0.4, -0.2) is 26.2 Å². The highest BCUT2D eigenvalue weighted by Gasteiger charge is 2.18. The molecule has 1 aliphatic heterocycles. The third-order valence-electron chi connectivity index (χ3n) is 3.97. The Bertz CT molecular complexity index is 1150. The second kappa shape index (κ2) is 6.40. The number of ether oxygens (including phenoxy) is 2. The van der Waals surface area contributed by atoms with E-state index in [-0.39, 0.29) is 4.90 Å². The van der Waals surface area contributed by atoms with Gasteiger partial charge in [-0.3, -0.25) is 0 Å². The summed E-state index contributed by atoms with van der Waals surface area (Å²) < 4.78 is 56.0. The van der Waals surface area contributed by atoms with Gasteiger partial charge in [-0.05, 0) is 31.2 Å². The number of aryl methyl sites for hydroxylation is 1. The number of rotatable bonds is 3. The van der Waals surface area contributed by atoms with Crippen LogP contribution in [0.3, 0.4) is 0 Å². The number of hydrogen-bond acceptors (Lipinski definition) is 5. The van der Waals surface area contributed by atoms with Crippen LogP contribution in [0.1, 0.15) is 6.92 Å². The molecular weight excluding hydrogens is 379 g/mol. The van der Waals surface area contributed by atoms with E-state index in [0.717, 1.165) is 22.3 Å². The van der Waals surface area contributed by atoms with Crippen LogP contribution < -0.4 is 14.3 Å². The molecule has 0 saturated heterocycles. The van der Waals surface area contributed by atoms with Crippen molar-refractivity contribution in [2.24, 2.45) is 4.40 Å². The molecule has 0 aliphatic carbocycles. The van der Waals surface area contributed by atoms with Gasteiger partial charge in [0.25, 0.3) is 10.0 Å². The maximum atomic E-state index is 13.1. The van der Waals surface area contributed by atoms with E-state index in [0.29, 0.717) is 36.1 Å². The van der Waals surface area contributed by atoms with Crippen molar-refractivity contribution in [3.8, 4) is 11.5 Å². The number of aromatic nitrogens is 1. The van der Waals surface area contributed by atoms with Gasteiger partial charge in [0.15, 0.2) is 11.5 Å². The van der Waals surface area contributed by atoms with Gasteiger partial charge in [0.2, 0.25) is 4.80 Å². The lowest BCUT2D eigenvalue weighted by Crippen LogP contribution is -2.17. The predicted molar refractivity (Wildman–Crippen MR) is 95.6 cm³/mol. The van der Waals surface area contributed by atoms with Crippen molar-refractivity contribution >= 4 is 31.6 Å². The number of thiazole rings is 1. The molecule has 4 rings (SSSR count). The lowest BCUT2D eigenvalue weighted by Gasteiger charge is -2.18. The minimum atomic E-state index is -3.94. The summed E-state index contributed by atoms with van der Waals surface area (Å²) in [4.78, 5) is 0.291. The number of sulfonamides is 1. The van der Waals surface area contributed by atoms with E-state index in [2.05, 4.69) is 4.40 Å². The Kier molecular flexibility index (Phi) is 4.20. The second-order valence-electron chi connectivity index (χ2n) is 5.61. The van der Waals surface area contributed by atoms with Crippen LogP contribution in [-0.2, 0) is 16.6 Å². The van der Waals surface area contributed by atoms with Gasteiger partial charge in [0.05, 0.1) is 15.1 Å². The Morgan fingerprint density at radius 1 is 1.15 bits per heavy atom. The number of hydrogen-bond donors (Lipinski definition) is 0. The smallest absolute Gasteiger partial charge is 0.285 e. The zero-order chi connectivity index (χ0) is 18.3. The molecule has 0 fully saturated rings. The van der Waals surface area contributed by atoms with E-state index in [1.54, 1.807) is 4.57 Å². The Balaban J connectivity index is 1.90. The molecule has 0 N–H and O–H groups in total. The van der Waals surface area contributed by atoms with E-state index in [9.17, 15) is 12.8 Å². The van der Waals surface area contributed by atoms with Gasteiger partial charge in [-0.15, -0.1) is 4.40 Å². The molecule has 0 amide bonds. The molecule has 0 saturated carbocycles. The lowest BCUT2D eigenvalue weighted by atomic mass is 10.2. The quantitative estimate of drug-likeness (QED) is 0.685. The zero-order valence-corrected chi connectivity index (χ0v) is 15.4. The fraction of sp³-hybridized carbons (Fsp3) is 0.235. The molecule has 6 nitrogen and oxygen atoms in total. The highest BCUT2D eigenvalue weighted by molar-refractivity contribution is 7.90. The molecular formula is C17H15FN2O4S2. The van der Waals surface area contributed by atoms with E-state index < -0.39 is 15.8 Å². The van der Waals surface area contributed by atoms with Crippen LogP contribution in [0.15, 0.2) is 45.7 Å². The van der Waals surface area contributed by atoms with Gasteiger partial charge in [-0.25, -0.2) is 4.39 Å². The molecule has 2 aromatic carbocycles. The van der Waals surface area contributed by atoms with Crippen LogP contribution >= 0.6 is 11.3 Å². The Hall–Kier alpha value is -2.39. The average molecular weight is 394 g/mol. The standard InChI is InChI=1S/C17H15FN2O4S2/c1-2-20-13-9-14-15(24-8-7-23-14)10-16(13)25-17(20)19-26(21,22)12-5-3-11(18)4-6-12/h3-6,9-10H,2,7-8H2,1H3/b19-17-. The summed E-state index contributed by atoms with van der Waals surface area (Å²) in [6, 6.07) is 8.29. The summed E-state index contributed by atoms with van der Waals surface area (Å²) in [5.41, 5.74) is 0.829. The molecule has 3 aromatic rings. The third-order valence-corrected chi connectivity index (χ3v) is 6.41. The average Bonchev–Trinajstić information content (AvgIpc) is 2.95. The minimum absolute atomic E-state index is 0.0510. The second-order valence-corrected chi connectivity index (χ2v) is 8.23. The van der Waals surface area contributed by atoms with Crippen molar-refractivity contribution in [2.75, 3.05) is 13.2 Å². The molecule has 26 heavy (non-hydrogen) atoms. The van der Waals surface area contributed by atoms with Gasteiger partial charge in [-0.2, -0.15) is 8.42 Å². The van der Waals surface area contributed by atoms with Crippen molar-refractivity contribution in [1.29, 1.82) is 0 Å². The summed E-state index contributed by atoms with van der Waals surface area (Å²) in [6.45, 7) is 3.41. The number of nitrogens with zero attached hydrogens (tertiary/aromatic N) is 2. The fourth-order valence-corrected chi connectivity index (χ4v) is 5.05. The van der Waals surface area contributed by atoms with E-state index in [1.165, 1.54) is 23.5 Å². The van der Waals surface area contributed by atoms with Crippen molar-refractivity contribution in [3.63, 3.8) is 0 Å². The molecule has 0 radical (unpaired) electrons. The molecule has 0 atom stereocenters. The predicted octanol–water partition coefficient (Wildman–Crippen LogP) is 2.92. The van der Waals surface area contributed by atoms with Crippen LogP contribution in [0.4, 0.5) is 4.39 Å². The summed E-state index contributed by atoms with van der Waals surface area (Å²) in [5.74, 6) is 0.776. The monoisotopic (exact) mass is 394 g/mol. The Morgan fingerprint density at radius 3 is 2.46 bits per heavy atom. The maximum absolute atomic E-state index is 13.1. The Morgan fingerprint density at radius 2 is 1.81 bits per heavy atom. The number of halogens is 1. The maximum Gasteiger partial charge on any atom is 0.285 e. The van der Waals surface area contributed by atoms with Crippen molar-refractivity contribution in [3.05, 3.63) is 47.0 Å². The molecule has 1 aromatic heterocycles. The van der Waals surface area contributed by atoms with Gasteiger partial charge < -0.3 is 14.0 Å². The molecule has 9 heteroatoms. The summed E-state index contributed by atoms with van der Waals surface area (Å²) >= 11 is 1.25. The van der Waals surface area contributed by atoms with E-state index in [1.807, 2.05) is 19.1 Å². The van der Waals surface area contributed by atoms with Crippen molar-refractivity contribution < 1.29 is 22.3 Å². The molecule has 2 heterocycles. The highest BCUT2D eigenvalue weighted by Crippen LogP contribution is 2.35. The van der Waals surface area contributed by atoms with Crippen molar-refractivity contribution in [1.82, 2.24) is 4.57 Å². The largest absolute Gasteiger partial charge is 0.486 e. The van der Waals surface area contributed by atoms with Crippen LogP contribution in [0.5, 0.6) is 11.5 Å². The first-order chi connectivity index (χ1) is 12.5. The first-order valence-electron chi connectivity index (χ1n) is 7.97. The minimum Gasteiger partial charge on any atom is -0.486 e. The summed E-state index contributed by atoms with van der Waals surface area (Å²) in [7, 11) is -3.94. The third kappa shape index (κ3) is 2.97. The number of fused-ring (bicyclic) bond motifs is 2. The van der Waals surface area contributed by atoms with Gasteiger partial charge in [0.1, 0.15) is 19.0 Å². The van der Waals surface area contributed by atoms with Crippen LogP contribution in [0, 0.1) is 5.82 Å². The van der Waals surface area contributed by atoms with Gasteiger partial charge in [0, 0.05) is 18.7 Å². The van der Waals surface area contributed by atoms with Crippen LogP contribution in [0.2, 0.25) is 0 Å². The normalized spacial score (nSPS) is 14.8. The van der Waals surface area contributed by atoms with Crippen LogP contribution in [0.25, 0.3) is 10.2 Å². The molecule has 0 spiro atoms. The highest BCUT2D eigenvalue weighted by atomic mass is 32.2. The van der Waals surface area contributed by atoms with Gasteiger partial charge >= 0.3 is 0 Å². The summed E-state index contributed by atoms with van der Waals surface area (Å²) in [6.07, 6.45) is 0. The van der Waals surface area contributed by atoms with E-state index >= 15 is 0 Å². The molecule has 0 bridgehead atoms. The topological polar surface area (TPSA) is 69.9 Å². The Labute approximate surface area is 153 Å². The molecule has 1 aliphatic rings. The lowest BCUT2D eigenvalue weighted by molar-refractivity contribution is 0.172. The first kappa shape index (κ1) is 17.0. The SMILES string of the molecule is CCn1/c(=N/S(=O)(=O)c2ccc(F)cc2)sc2cc3c(cc21)OCCO3. The van der Waals surface area contributed by atoms with E-state index in [4.69, 9.17) is 9.47 Å². The summed E-state index contributed by atoms with van der Waals surface area (Å²) in [5, 5.41) is 0. The van der Waals surface area contributed by atoms with Gasteiger partial charge in [-0.1, -0.05) is 11.3 Å². The first-order valence-corrected chi connectivity index (χ1v) is 10.2. The fourth-order valence-electron chi connectivity index (χ4n) is 2.74. The molecule has 0 unspecified atom stereocenters. The zero-order valence-electron chi connectivity index (χ0n) is 13.8. The molecule has 136 valence electrons. The van der Waals surface area contributed by atoms with Crippen molar-refractivity contribution in [2.45, 2.75) is 18.4 Å². The number of benzene rings is 2.